The minimum Gasteiger partial charge on any atom is -0.398 e. The van der Waals surface area contributed by atoms with Gasteiger partial charge in [0, 0.05) is 17.8 Å². The molecule has 0 unspecified atom stereocenters. The second kappa shape index (κ2) is 3.90. The Morgan fingerprint density at radius 3 is 2.93 bits per heavy atom. The van der Waals surface area contributed by atoms with E-state index >= 15 is 0 Å². The quantitative estimate of drug-likeness (QED) is 0.590. The highest BCUT2D eigenvalue weighted by Crippen LogP contribution is 2.24. The zero-order valence-electron chi connectivity index (χ0n) is 8.69. The van der Waals surface area contributed by atoms with Gasteiger partial charge in [0.2, 0.25) is 0 Å². The van der Waals surface area contributed by atoms with Crippen LogP contribution in [0, 0.1) is 0 Å². The zero-order valence-corrected chi connectivity index (χ0v) is 8.69. The minimum absolute atomic E-state index is 0.0199. The second-order valence-electron chi connectivity index (χ2n) is 3.62. The van der Waals surface area contributed by atoms with Crippen molar-refractivity contribution in [3.8, 4) is 0 Å². The van der Waals surface area contributed by atoms with Crippen molar-refractivity contribution in [2.24, 2.45) is 0 Å². The Hall–Kier alpha value is -1.55. The second-order valence-corrected chi connectivity index (χ2v) is 3.62. The molecular formula is C11H14N2O2. The van der Waals surface area contributed by atoms with E-state index in [1.165, 1.54) is 6.92 Å². The highest BCUT2D eigenvalue weighted by Gasteiger charge is 2.15. The van der Waals surface area contributed by atoms with Gasteiger partial charge in [-0.15, -0.1) is 0 Å². The molecule has 4 heteroatoms. The molecule has 0 amide bonds. The summed E-state index contributed by atoms with van der Waals surface area (Å²) >= 11 is 0. The molecule has 4 nitrogen and oxygen atoms in total. The van der Waals surface area contributed by atoms with E-state index in [1.54, 1.807) is 17.2 Å². The molecule has 0 spiro atoms. The largest absolute Gasteiger partial charge is 0.398 e. The first-order valence-electron chi connectivity index (χ1n) is 4.99. The van der Waals surface area contributed by atoms with Crippen molar-refractivity contribution in [1.82, 2.24) is 0 Å². The van der Waals surface area contributed by atoms with Gasteiger partial charge >= 0.3 is 0 Å². The molecule has 0 atom stereocenters. The minimum atomic E-state index is -0.0199. The van der Waals surface area contributed by atoms with E-state index in [4.69, 9.17) is 10.6 Å². The topological polar surface area (TPSA) is 55.6 Å². The Balaban J connectivity index is 2.33. The first-order valence-corrected chi connectivity index (χ1v) is 4.99. The Labute approximate surface area is 88.6 Å². The molecule has 1 aliphatic rings. The zero-order chi connectivity index (χ0) is 10.8. The third-order valence-electron chi connectivity index (χ3n) is 2.46. The molecule has 2 rings (SSSR count). The van der Waals surface area contributed by atoms with Crippen molar-refractivity contribution in [3.63, 3.8) is 0 Å². The van der Waals surface area contributed by atoms with Crippen molar-refractivity contribution >= 4 is 17.2 Å². The van der Waals surface area contributed by atoms with E-state index in [1.807, 2.05) is 6.07 Å². The molecule has 0 aromatic heterocycles. The lowest BCUT2D eigenvalue weighted by molar-refractivity contribution is 0.101. The molecule has 1 saturated heterocycles. The van der Waals surface area contributed by atoms with Crippen LogP contribution in [-0.2, 0) is 4.84 Å². The van der Waals surface area contributed by atoms with Crippen molar-refractivity contribution in [1.29, 1.82) is 0 Å². The number of carbonyl (C=O) groups is 1. The number of rotatable bonds is 2. The third kappa shape index (κ3) is 1.94. The van der Waals surface area contributed by atoms with Gasteiger partial charge in [-0.3, -0.25) is 14.7 Å². The van der Waals surface area contributed by atoms with Gasteiger partial charge in [-0.25, -0.2) is 0 Å². The van der Waals surface area contributed by atoms with E-state index < -0.39 is 0 Å². The summed E-state index contributed by atoms with van der Waals surface area (Å²) in [5.41, 5.74) is 7.68. The molecule has 80 valence electrons. The molecule has 0 radical (unpaired) electrons. The summed E-state index contributed by atoms with van der Waals surface area (Å²) in [7, 11) is 0. The summed E-state index contributed by atoms with van der Waals surface area (Å²) in [6, 6.07) is 5.39. The van der Waals surface area contributed by atoms with Crippen LogP contribution in [0.25, 0.3) is 0 Å². The molecule has 1 fully saturated rings. The molecular weight excluding hydrogens is 192 g/mol. The SMILES string of the molecule is CC(=O)c1cc(N2CCCO2)ccc1N. The van der Waals surface area contributed by atoms with E-state index in [-0.39, 0.29) is 5.78 Å². The van der Waals surface area contributed by atoms with Crippen LogP contribution in [-0.4, -0.2) is 18.9 Å². The summed E-state index contributed by atoms with van der Waals surface area (Å²) in [5.74, 6) is -0.0199. The van der Waals surface area contributed by atoms with Gasteiger partial charge in [-0.05, 0) is 31.5 Å². The molecule has 1 aromatic rings. The fraction of sp³-hybridized carbons (Fsp3) is 0.364. The number of nitrogen functional groups attached to an aromatic ring is 1. The van der Waals surface area contributed by atoms with Crippen LogP contribution in [0.1, 0.15) is 23.7 Å². The van der Waals surface area contributed by atoms with E-state index in [0.717, 1.165) is 25.3 Å². The Morgan fingerprint density at radius 1 is 1.53 bits per heavy atom. The standard InChI is InChI=1S/C11H14N2O2/c1-8(14)10-7-9(3-4-11(10)12)13-5-2-6-15-13/h3-4,7H,2,5-6,12H2,1H3. The van der Waals surface area contributed by atoms with Gasteiger partial charge < -0.3 is 5.73 Å². The number of nitrogens with zero attached hydrogens (tertiary/aromatic N) is 1. The maximum absolute atomic E-state index is 11.3. The maximum atomic E-state index is 11.3. The summed E-state index contributed by atoms with van der Waals surface area (Å²) in [4.78, 5) is 16.7. The van der Waals surface area contributed by atoms with Crippen molar-refractivity contribution < 1.29 is 9.63 Å². The van der Waals surface area contributed by atoms with Gasteiger partial charge in [0.15, 0.2) is 5.78 Å². The predicted molar refractivity (Wildman–Crippen MR) is 58.8 cm³/mol. The maximum Gasteiger partial charge on any atom is 0.161 e. The monoisotopic (exact) mass is 206 g/mol. The van der Waals surface area contributed by atoms with Crippen LogP contribution in [0.4, 0.5) is 11.4 Å². The predicted octanol–water partition coefficient (Wildman–Crippen LogP) is 1.61. The molecule has 1 heterocycles. The molecule has 0 bridgehead atoms. The fourth-order valence-electron chi connectivity index (χ4n) is 1.66. The van der Waals surface area contributed by atoms with Crippen molar-refractivity contribution in [3.05, 3.63) is 23.8 Å². The van der Waals surface area contributed by atoms with E-state index in [2.05, 4.69) is 0 Å². The molecule has 0 saturated carbocycles. The van der Waals surface area contributed by atoms with Gasteiger partial charge in [0.05, 0.1) is 12.3 Å². The summed E-state index contributed by atoms with van der Waals surface area (Å²) in [6.45, 7) is 3.11. The lowest BCUT2D eigenvalue weighted by Crippen LogP contribution is -2.16. The number of hydroxylamine groups is 1. The molecule has 0 aliphatic carbocycles. The van der Waals surface area contributed by atoms with Gasteiger partial charge in [-0.2, -0.15) is 0 Å². The number of benzene rings is 1. The van der Waals surface area contributed by atoms with Crippen LogP contribution in [0.3, 0.4) is 0 Å². The number of nitrogens with two attached hydrogens (primary N) is 1. The summed E-state index contributed by atoms with van der Waals surface area (Å²) < 4.78 is 0. The average molecular weight is 206 g/mol. The number of hydrogen-bond acceptors (Lipinski definition) is 4. The number of hydrogen-bond donors (Lipinski definition) is 1. The van der Waals surface area contributed by atoms with Gasteiger partial charge in [0.1, 0.15) is 0 Å². The van der Waals surface area contributed by atoms with Gasteiger partial charge in [0.25, 0.3) is 0 Å². The first-order chi connectivity index (χ1) is 7.18. The molecule has 1 aromatic carbocycles. The highest BCUT2D eigenvalue weighted by molar-refractivity contribution is 6.00. The first kappa shape index (κ1) is 9.98. The normalized spacial score (nSPS) is 15.7. The average Bonchev–Trinajstić information content (AvgIpc) is 2.71. The Kier molecular flexibility index (Phi) is 2.60. The van der Waals surface area contributed by atoms with Crippen molar-refractivity contribution in [2.75, 3.05) is 23.9 Å². The lowest BCUT2D eigenvalue weighted by atomic mass is 10.1. The molecule has 1 aliphatic heterocycles. The number of ketones is 1. The summed E-state index contributed by atoms with van der Waals surface area (Å²) in [6.07, 6.45) is 1.01. The number of carbonyl (C=O) groups excluding carboxylic acids is 1. The van der Waals surface area contributed by atoms with Crippen LogP contribution in [0.2, 0.25) is 0 Å². The Morgan fingerprint density at radius 2 is 2.33 bits per heavy atom. The molecule has 15 heavy (non-hydrogen) atoms. The van der Waals surface area contributed by atoms with E-state index in [9.17, 15) is 4.79 Å². The number of Topliss-reactive ketones (excluding diaryl/α,β-unsaturated/α-hetero) is 1. The summed E-state index contributed by atoms with van der Waals surface area (Å²) in [5, 5.41) is 1.80. The number of anilines is 2. The highest BCUT2D eigenvalue weighted by atomic mass is 16.7. The third-order valence-corrected chi connectivity index (χ3v) is 2.46. The Bertz CT molecular complexity index is 384. The van der Waals surface area contributed by atoms with Crippen LogP contribution >= 0.6 is 0 Å². The fourth-order valence-corrected chi connectivity index (χ4v) is 1.66. The smallest absolute Gasteiger partial charge is 0.161 e. The van der Waals surface area contributed by atoms with Crippen LogP contribution in [0.5, 0.6) is 0 Å². The molecule has 2 N–H and O–H groups in total. The van der Waals surface area contributed by atoms with Crippen molar-refractivity contribution in [2.45, 2.75) is 13.3 Å². The van der Waals surface area contributed by atoms with E-state index in [0.29, 0.717) is 11.3 Å². The lowest BCUT2D eigenvalue weighted by Gasteiger charge is -2.17. The van der Waals surface area contributed by atoms with Crippen LogP contribution < -0.4 is 10.8 Å². The van der Waals surface area contributed by atoms with Crippen LogP contribution in [0.15, 0.2) is 18.2 Å². The van der Waals surface area contributed by atoms with Gasteiger partial charge in [-0.1, -0.05) is 0 Å².